The highest BCUT2D eigenvalue weighted by molar-refractivity contribution is 5.47. The molecule has 18 heavy (non-hydrogen) atoms. The zero-order chi connectivity index (χ0) is 12.5. The number of hydrogen-bond acceptors (Lipinski definition) is 4. The minimum absolute atomic E-state index is 0.0300. The molecule has 2 aromatic rings. The van der Waals surface area contributed by atoms with Gasteiger partial charge in [-0.2, -0.15) is 0 Å². The Bertz CT molecular complexity index is 627. The first-order valence-corrected chi connectivity index (χ1v) is 6.28. The zero-order valence-electron chi connectivity index (χ0n) is 10.3. The Labute approximate surface area is 104 Å². The Kier molecular flexibility index (Phi) is 2.74. The molecule has 0 radical (unpaired) electrons. The van der Waals surface area contributed by atoms with E-state index in [4.69, 9.17) is 4.42 Å². The van der Waals surface area contributed by atoms with Crippen molar-refractivity contribution in [1.82, 2.24) is 15.0 Å². The largest absolute Gasteiger partial charge is 0.449 e. The van der Waals surface area contributed by atoms with Crippen molar-refractivity contribution in [3.63, 3.8) is 0 Å². The van der Waals surface area contributed by atoms with Gasteiger partial charge in [-0.25, -0.2) is 9.97 Å². The summed E-state index contributed by atoms with van der Waals surface area (Å²) in [6.45, 7) is 1.77. The van der Waals surface area contributed by atoms with Crippen LogP contribution in [0.15, 0.2) is 15.5 Å². The summed E-state index contributed by atoms with van der Waals surface area (Å²) in [5, 5.41) is 0. The van der Waals surface area contributed by atoms with Crippen molar-refractivity contribution in [2.75, 3.05) is 0 Å². The molecule has 0 fully saturated rings. The molecule has 0 unspecified atom stereocenters. The molecule has 94 valence electrons. The molecule has 0 saturated heterocycles. The van der Waals surface area contributed by atoms with Crippen LogP contribution in [0.2, 0.25) is 0 Å². The third kappa shape index (κ3) is 1.96. The van der Waals surface area contributed by atoms with E-state index in [0.29, 0.717) is 17.4 Å². The summed E-state index contributed by atoms with van der Waals surface area (Å²) in [6, 6.07) is 0. The first-order chi connectivity index (χ1) is 8.74. The van der Waals surface area contributed by atoms with Crippen LogP contribution in [0.25, 0.3) is 11.5 Å². The van der Waals surface area contributed by atoms with Gasteiger partial charge in [0.25, 0.3) is 5.56 Å². The average Bonchev–Trinajstić information content (AvgIpc) is 2.63. The third-order valence-corrected chi connectivity index (χ3v) is 3.30. The Hall–Kier alpha value is -1.91. The number of H-pyrrole nitrogens is 1. The van der Waals surface area contributed by atoms with Gasteiger partial charge in [-0.15, -0.1) is 0 Å². The van der Waals surface area contributed by atoms with E-state index in [-0.39, 0.29) is 5.56 Å². The summed E-state index contributed by atoms with van der Waals surface area (Å²) in [7, 11) is 0. The van der Waals surface area contributed by atoms with Gasteiger partial charge in [-0.05, 0) is 25.7 Å². The quantitative estimate of drug-likeness (QED) is 0.780. The lowest BCUT2D eigenvalue weighted by Gasteiger charge is -2.05. The lowest BCUT2D eigenvalue weighted by atomic mass is 10.1. The second kappa shape index (κ2) is 4.40. The number of oxazole rings is 1. The fraction of sp³-hybridized carbons (Fsp3) is 0.462. The molecular weight excluding hydrogens is 230 g/mol. The molecule has 1 aliphatic carbocycles. The maximum atomic E-state index is 12.1. The van der Waals surface area contributed by atoms with Gasteiger partial charge in [0.2, 0.25) is 0 Å². The molecular formula is C13H15N3O2. The van der Waals surface area contributed by atoms with Crippen LogP contribution in [0.1, 0.15) is 36.4 Å². The standard InChI is InChI=1S/C13H15N3O2/c1-8-14-11(7-18-8)12-15-10-6-4-2-3-5-9(10)13(17)16-12/h7H,2-6H2,1H3,(H,15,16,17). The van der Waals surface area contributed by atoms with E-state index < -0.39 is 0 Å². The van der Waals surface area contributed by atoms with Gasteiger partial charge in [0, 0.05) is 12.5 Å². The normalized spacial score (nSPS) is 15.2. The van der Waals surface area contributed by atoms with Crippen LogP contribution < -0.4 is 5.56 Å². The van der Waals surface area contributed by atoms with Gasteiger partial charge < -0.3 is 9.40 Å². The maximum absolute atomic E-state index is 12.1. The van der Waals surface area contributed by atoms with Crippen LogP contribution in [-0.4, -0.2) is 15.0 Å². The number of aromatic amines is 1. The smallest absolute Gasteiger partial charge is 0.254 e. The third-order valence-electron chi connectivity index (χ3n) is 3.30. The molecule has 1 N–H and O–H groups in total. The number of hydrogen-bond donors (Lipinski definition) is 1. The number of aromatic nitrogens is 3. The number of fused-ring (bicyclic) bond motifs is 1. The van der Waals surface area contributed by atoms with E-state index in [1.165, 1.54) is 6.26 Å². The highest BCUT2D eigenvalue weighted by Gasteiger charge is 2.16. The van der Waals surface area contributed by atoms with E-state index in [1.807, 2.05) is 0 Å². The highest BCUT2D eigenvalue weighted by Crippen LogP contribution is 2.19. The Balaban J connectivity index is 2.10. The Morgan fingerprint density at radius 2 is 2.06 bits per heavy atom. The molecule has 0 bridgehead atoms. The minimum Gasteiger partial charge on any atom is -0.449 e. The number of nitrogens with zero attached hydrogens (tertiary/aromatic N) is 2. The molecule has 3 rings (SSSR count). The molecule has 1 aliphatic rings. The van der Waals surface area contributed by atoms with Gasteiger partial charge >= 0.3 is 0 Å². The molecule has 0 atom stereocenters. The van der Waals surface area contributed by atoms with Crippen LogP contribution in [0.3, 0.4) is 0 Å². The molecule has 0 spiro atoms. The first-order valence-electron chi connectivity index (χ1n) is 6.28. The predicted molar refractivity (Wildman–Crippen MR) is 66.4 cm³/mol. The molecule has 5 nitrogen and oxygen atoms in total. The fourth-order valence-electron chi connectivity index (χ4n) is 2.37. The monoisotopic (exact) mass is 245 g/mol. The summed E-state index contributed by atoms with van der Waals surface area (Å²) in [4.78, 5) is 23.6. The van der Waals surface area contributed by atoms with Crippen LogP contribution in [0, 0.1) is 6.92 Å². The highest BCUT2D eigenvalue weighted by atomic mass is 16.3. The van der Waals surface area contributed by atoms with E-state index in [0.717, 1.165) is 43.4 Å². The SMILES string of the molecule is Cc1nc(-c2nc3c(c(=O)[nH]2)CCCCC3)co1. The summed E-state index contributed by atoms with van der Waals surface area (Å²) in [6.07, 6.45) is 6.56. The molecule has 2 aromatic heterocycles. The maximum Gasteiger partial charge on any atom is 0.254 e. The van der Waals surface area contributed by atoms with Gasteiger partial charge in [-0.1, -0.05) is 6.42 Å². The van der Waals surface area contributed by atoms with Crippen molar-refractivity contribution >= 4 is 0 Å². The second-order valence-electron chi connectivity index (χ2n) is 4.65. The number of rotatable bonds is 1. The molecule has 2 heterocycles. The van der Waals surface area contributed by atoms with E-state index in [1.54, 1.807) is 6.92 Å². The van der Waals surface area contributed by atoms with Crippen LogP contribution >= 0.6 is 0 Å². The van der Waals surface area contributed by atoms with Gasteiger partial charge in [0.15, 0.2) is 11.7 Å². The number of nitrogens with one attached hydrogen (secondary N) is 1. The first kappa shape index (κ1) is 11.2. The van der Waals surface area contributed by atoms with Crippen LogP contribution in [-0.2, 0) is 12.8 Å². The van der Waals surface area contributed by atoms with E-state index in [9.17, 15) is 4.79 Å². The van der Waals surface area contributed by atoms with E-state index >= 15 is 0 Å². The Morgan fingerprint density at radius 1 is 1.22 bits per heavy atom. The molecule has 0 aliphatic heterocycles. The van der Waals surface area contributed by atoms with Crippen molar-refractivity contribution in [2.24, 2.45) is 0 Å². The second-order valence-corrected chi connectivity index (χ2v) is 4.65. The van der Waals surface area contributed by atoms with Gasteiger partial charge in [0.05, 0.1) is 5.69 Å². The lowest BCUT2D eigenvalue weighted by molar-refractivity contribution is 0.521. The number of aryl methyl sites for hydroxylation is 2. The van der Waals surface area contributed by atoms with Crippen molar-refractivity contribution in [3.05, 3.63) is 33.8 Å². The molecule has 0 amide bonds. The lowest BCUT2D eigenvalue weighted by Crippen LogP contribution is -2.18. The summed E-state index contributed by atoms with van der Waals surface area (Å²) >= 11 is 0. The van der Waals surface area contributed by atoms with Crippen LogP contribution in [0.4, 0.5) is 0 Å². The van der Waals surface area contributed by atoms with Gasteiger partial charge in [-0.3, -0.25) is 4.79 Å². The van der Waals surface area contributed by atoms with Crippen molar-refractivity contribution in [1.29, 1.82) is 0 Å². The zero-order valence-corrected chi connectivity index (χ0v) is 10.3. The van der Waals surface area contributed by atoms with Crippen LogP contribution in [0.5, 0.6) is 0 Å². The molecule has 0 aromatic carbocycles. The average molecular weight is 245 g/mol. The van der Waals surface area contributed by atoms with Crippen molar-refractivity contribution in [3.8, 4) is 11.5 Å². The van der Waals surface area contributed by atoms with Crippen molar-refractivity contribution < 1.29 is 4.42 Å². The molecule has 5 heteroatoms. The van der Waals surface area contributed by atoms with Gasteiger partial charge in [0.1, 0.15) is 12.0 Å². The minimum atomic E-state index is -0.0300. The molecule has 0 saturated carbocycles. The topological polar surface area (TPSA) is 71.8 Å². The summed E-state index contributed by atoms with van der Waals surface area (Å²) in [5.41, 5.74) is 2.33. The van der Waals surface area contributed by atoms with E-state index in [2.05, 4.69) is 15.0 Å². The summed E-state index contributed by atoms with van der Waals surface area (Å²) < 4.78 is 5.15. The predicted octanol–water partition coefficient (Wildman–Crippen LogP) is 2.00. The Morgan fingerprint density at radius 3 is 2.83 bits per heavy atom. The summed E-state index contributed by atoms with van der Waals surface area (Å²) in [5.74, 6) is 1.08. The fourth-order valence-corrected chi connectivity index (χ4v) is 2.37. The van der Waals surface area contributed by atoms with Crippen molar-refractivity contribution in [2.45, 2.75) is 39.0 Å².